The molecule has 0 aromatic carbocycles. The fourth-order valence-electron chi connectivity index (χ4n) is 1.96. The van der Waals surface area contributed by atoms with E-state index in [0.717, 1.165) is 28.0 Å². The van der Waals surface area contributed by atoms with Gasteiger partial charge in [-0.15, -0.1) is 6.54 Å². The van der Waals surface area contributed by atoms with E-state index in [1.165, 1.54) is 0 Å². The molecule has 0 saturated heterocycles. The summed E-state index contributed by atoms with van der Waals surface area (Å²) in [5.74, 6) is 0.933. The maximum absolute atomic E-state index is 7.64. The molecule has 0 bridgehead atoms. The van der Waals surface area contributed by atoms with Crippen molar-refractivity contribution in [3.63, 3.8) is 0 Å². The van der Waals surface area contributed by atoms with Crippen LogP contribution in [0.25, 0.3) is 16.5 Å². The van der Waals surface area contributed by atoms with E-state index >= 15 is 0 Å². The molecule has 0 fully saturated rings. The van der Waals surface area contributed by atoms with Crippen molar-refractivity contribution in [2.75, 3.05) is 20.7 Å². The third-order valence-electron chi connectivity index (χ3n) is 3.10. The van der Waals surface area contributed by atoms with Gasteiger partial charge in [-0.3, -0.25) is 5.26 Å². The summed E-state index contributed by atoms with van der Waals surface area (Å²) in [5, 5.41) is 11.8. The Morgan fingerprint density at radius 3 is 2.54 bits per heavy atom. The number of halogens is 1. The van der Waals surface area contributed by atoms with Crippen LogP contribution in [0, 0.1) is 6.92 Å². The molecule has 2 rings (SSSR count). The molecule has 2 aromatic rings. The van der Waals surface area contributed by atoms with Gasteiger partial charge in [0, 0.05) is 57.0 Å². The zero-order chi connectivity index (χ0) is 17.4. The number of imidazole rings is 1. The summed E-state index contributed by atoms with van der Waals surface area (Å²) in [4.78, 5) is 12.5. The van der Waals surface area contributed by atoms with Crippen LogP contribution in [-0.2, 0) is 48.9 Å². The topological polar surface area (TPSA) is 83.5 Å². The van der Waals surface area contributed by atoms with Gasteiger partial charge in [0.25, 0.3) is 0 Å². The molecule has 133 valence electrons. The Hall–Kier alpha value is 0.0439. The average molecular weight is 477 g/mol. The van der Waals surface area contributed by atoms with Crippen molar-refractivity contribution >= 4 is 27.1 Å². The molecule has 2 aromatic heterocycles. The van der Waals surface area contributed by atoms with E-state index in [1.807, 2.05) is 13.0 Å². The molecule has 7 nitrogen and oxygen atoms in total. The van der Waals surface area contributed by atoms with E-state index in [2.05, 4.69) is 40.7 Å². The van der Waals surface area contributed by atoms with E-state index in [0.29, 0.717) is 6.54 Å². The Balaban J connectivity index is 0.000000777. The molecule has 0 aliphatic carbocycles. The van der Waals surface area contributed by atoms with E-state index in [9.17, 15) is 0 Å². The van der Waals surface area contributed by atoms with Crippen LogP contribution in [0.3, 0.4) is 0 Å². The largest absolute Gasteiger partial charge is 0.663 e. The van der Waals surface area contributed by atoms with E-state index in [4.69, 9.17) is 9.99 Å². The number of likely N-dealkylation sites (N-methyl/N-ethyl adjacent to an activating group) is 1. The van der Waals surface area contributed by atoms with E-state index in [1.54, 1.807) is 34.2 Å². The summed E-state index contributed by atoms with van der Waals surface area (Å²) in [6.45, 7) is 6.87. The van der Waals surface area contributed by atoms with Gasteiger partial charge >= 0.3 is 0 Å². The first-order valence-corrected chi connectivity index (χ1v) is 8.09. The van der Waals surface area contributed by atoms with E-state index in [-0.39, 0.29) is 44.9 Å². The monoisotopic (exact) mass is 476 g/mol. The Bertz CT molecular complexity index is 610. The number of pyridine rings is 1. The number of nitrogens with zero attached hydrogens (tertiary/aromatic N) is 4. The molecule has 2 heterocycles. The second-order valence-corrected chi connectivity index (χ2v) is 6.10. The van der Waals surface area contributed by atoms with Gasteiger partial charge in [-0.05, 0) is 42.8 Å². The number of hydrogen-bond acceptors (Lipinski definition) is 5. The van der Waals surface area contributed by atoms with Crippen LogP contribution in [-0.4, -0.2) is 52.7 Å². The van der Waals surface area contributed by atoms with Crippen molar-refractivity contribution in [1.29, 1.82) is 0 Å². The van der Waals surface area contributed by atoms with Gasteiger partial charge in [0.05, 0.1) is 12.2 Å². The van der Waals surface area contributed by atoms with Gasteiger partial charge in [-0.1, -0.05) is 0 Å². The molecule has 24 heavy (non-hydrogen) atoms. The normalized spacial score (nSPS) is 11.8. The van der Waals surface area contributed by atoms with Crippen LogP contribution >= 0.6 is 15.9 Å². The first kappa shape index (κ1) is 24.0. The molecular weight excluding hydrogens is 453 g/mol. The number of aryl methyl sites for hydroxylation is 1. The molecular formula is C15H24BrN4O3Y-. The van der Waals surface area contributed by atoms with Crippen molar-refractivity contribution < 1.29 is 47.6 Å². The predicted molar refractivity (Wildman–Crippen MR) is 93.8 cm³/mol. The zero-order valence-corrected chi connectivity index (χ0v) is 19.2. The second-order valence-electron chi connectivity index (χ2n) is 5.25. The molecule has 0 aliphatic rings. The SMILES string of the molecule is CC(C)OO.C[N-]CC(Cn1c(C)nc2nccc(Br)c21)OC.[Y]. The summed E-state index contributed by atoms with van der Waals surface area (Å²) in [7, 11) is 3.50. The number of rotatable bonds is 6. The first-order valence-electron chi connectivity index (χ1n) is 7.30. The van der Waals surface area contributed by atoms with Crippen LogP contribution < -0.4 is 0 Å². The fourth-order valence-corrected chi connectivity index (χ4v) is 2.47. The number of aromatic nitrogens is 3. The molecule has 0 spiro atoms. The van der Waals surface area contributed by atoms with Crippen LogP contribution in [0.2, 0.25) is 0 Å². The second kappa shape index (κ2) is 12.4. The number of ether oxygens (including phenoxy) is 1. The van der Waals surface area contributed by atoms with Crippen LogP contribution in [0.1, 0.15) is 19.7 Å². The minimum Gasteiger partial charge on any atom is -0.663 e. The fraction of sp³-hybridized carbons (Fsp3) is 0.600. The Kier molecular flexibility index (Phi) is 12.4. The van der Waals surface area contributed by atoms with Crippen molar-refractivity contribution in [3.05, 3.63) is 27.9 Å². The first-order chi connectivity index (χ1) is 10.9. The van der Waals surface area contributed by atoms with E-state index < -0.39 is 0 Å². The summed E-state index contributed by atoms with van der Waals surface area (Å²) in [6, 6.07) is 1.92. The maximum Gasteiger partial charge on any atom is 0.179 e. The summed E-state index contributed by atoms with van der Waals surface area (Å²) in [6.07, 6.45) is 1.74. The minimum absolute atomic E-state index is 0. The van der Waals surface area contributed by atoms with Crippen molar-refractivity contribution in [2.45, 2.75) is 39.5 Å². The van der Waals surface area contributed by atoms with Crippen LogP contribution in [0.4, 0.5) is 0 Å². The summed E-state index contributed by atoms with van der Waals surface area (Å²) in [5.41, 5.74) is 1.76. The standard InChI is InChI=1S/C12H16BrN4O.C3H8O2.Y/c1-8-16-12-11(10(13)4-5-15-12)17(8)7-9(18-3)6-14-2;1-3(2)5-4;/h4-5,9H,6-7H2,1-3H3;3-4H,1-2H3;/q-1;;. The Morgan fingerprint density at radius 1 is 1.42 bits per heavy atom. The number of methoxy groups -OCH3 is 1. The summed E-state index contributed by atoms with van der Waals surface area (Å²) >= 11 is 3.55. The predicted octanol–water partition coefficient (Wildman–Crippen LogP) is 3.40. The quantitative estimate of drug-likeness (QED) is 0.510. The van der Waals surface area contributed by atoms with Crippen LogP contribution in [0.15, 0.2) is 16.7 Å². The van der Waals surface area contributed by atoms with Crippen molar-refractivity contribution in [3.8, 4) is 0 Å². The molecule has 1 radical (unpaired) electrons. The third kappa shape index (κ3) is 7.11. The zero-order valence-electron chi connectivity index (χ0n) is 14.7. The smallest absolute Gasteiger partial charge is 0.179 e. The molecule has 1 N–H and O–H groups in total. The molecule has 9 heteroatoms. The van der Waals surface area contributed by atoms with Gasteiger partial charge in [-0.25, -0.2) is 14.9 Å². The molecule has 0 aliphatic heterocycles. The summed E-state index contributed by atoms with van der Waals surface area (Å²) < 4.78 is 8.54. The van der Waals surface area contributed by atoms with Gasteiger partial charge in [0.15, 0.2) is 5.65 Å². The molecule has 0 saturated carbocycles. The molecule has 1 unspecified atom stereocenters. The third-order valence-corrected chi connectivity index (χ3v) is 3.74. The maximum atomic E-state index is 7.64. The minimum atomic E-state index is -0.0602. The number of fused-ring (bicyclic) bond motifs is 1. The van der Waals surface area contributed by atoms with Crippen molar-refractivity contribution in [2.24, 2.45) is 0 Å². The van der Waals surface area contributed by atoms with Gasteiger partial charge < -0.3 is 14.6 Å². The van der Waals surface area contributed by atoms with Crippen molar-refractivity contribution in [1.82, 2.24) is 14.5 Å². The van der Waals surface area contributed by atoms with Gasteiger partial charge in [0.2, 0.25) is 0 Å². The Labute approximate surface area is 176 Å². The van der Waals surface area contributed by atoms with Gasteiger partial charge in [0.1, 0.15) is 11.3 Å². The Morgan fingerprint density at radius 2 is 2.04 bits per heavy atom. The molecule has 0 amide bonds. The number of hydrogen-bond donors (Lipinski definition) is 1. The average Bonchev–Trinajstić information content (AvgIpc) is 2.84. The van der Waals surface area contributed by atoms with Crippen LogP contribution in [0.5, 0.6) is 0 Å². The van der Waals surface area contributed by atoms with Gasteiger partial charge in [-0.2, -0.15) is 7.05 Å². The molecule has 1 atom stereocenters.